The van der Waals surface area contributed by atoms with Crippen molar-refractivity contribution in [1.29, 1.82) is 0 Å². The van der Waals surface area contributed by atoms with Crippen molar-refractivity contribution in [2.24, 2.45) is 0 Å². The number of carbonyl (C=O) groups is 1. The van der Waals surface area contributed by atoms with E-state index in [1.165, 1.54) is 12.1 Å². The Morgan fingerprint density at radius 2 is 1.59 bits per heavy atom. The second kappa shape index (κ2) is 6.64. The third-order valence-electron chi connectivity index (χ3n) is 4.87. The molecule has 1 N–H and O–H groups in total. The molecule has 7 nitrogen and oxygen atoms in total. The van der Waals surface area contributed by atoms with Crippen LogP contribution in [0.3, 0.4) is 0 Å². The summed E-state index contributed by atoms with van der Waals surface area (Å²) in [5.41, 5.74) is -0.872. The lowest BCUT2D eigenvalue weighted by molar-refractivity contribution is -0.229. The predicted octanol–water partition coefficient (Wildman–Crippen LogP) is 3.04. The van der Waals surface area contributed by atoms with Crippen LogP contribution in [0.15, 0.2) is 24.3 Å². The highest BCUT2D eigenvalue weighted by atomic mass is 19.4. The van der Waals surface area contributed by atoms with Gasteiger partial charge in [-0.3, -0.25) is 4.79 Å². The number of hydrogen-bond acceptors (Lipinski definition) is 6. The third kappa shape index (κ3) is 3.99. The highest BCUT2D eigenvalue weighted by molar-refractivity contribution is 5.95. The van der Waals surface area contributed by atoms with Crippen molar-refractivity contribution < 1.29 is 41.7 Å². The molecule has 160 valence electrons. The third-order valence-corrected chi connectivity index (χ3v) is 4.87. The van der Waals surface area contributed by atoms with Crippen molar-refractivity contribution in [1.82, 2.24) is 0 Å². The minimum Gasteiger partial charge on any atom is -0.342 e. The van der Waals surface area contributed by atoms with Gasteiger partial charge in [-0.2, -0.15) is 13.2 Å². The van der Waals surface area contributed by atoms with Crippen molar-refractivity contribution in [3.05, 3.63) is 29.8 Å². The average molecular weight is 417 g/mol. The van der Waals surface area contributed by atoms with Gasteiger partial charge in [-0.15, -0.1) is 0 Å². The topological polar surface area (TPSA) is 75.3 Å². The average Bonchev–Trinajstić information content (AvgIpc) is 3.07. The first kappa shape index (κ1) is 20.5. The Hall–Kier alpha value is -1.72. The van der Waals surface area contributed by atoms with Crippen LogP contribution in [0.2, 0.25) is 0 Å². The van der Waals surface area contributed by atoms with Crippen LogP contribution in [-0.4, -0.2) is 48.2 Å². The number of nitrogens with one attached hydrogen (secondary N) is 1. The zero-order valence-corrected chi connectivity index (χ0v) is 16.3. The molecule has 10 heteroatoms. The second-order valence-electron chi connectivity index (χ2n) is 8.16. The zero-order chi connectivity index (χ0) is 21.2. The van der Waals surface area contributed by atoms with Gasteiger partial charge in [-0.1, -0.05) is 6.07 Å². The number of halogens is 3. The van der Waals surface area contributed by atoms with Crippen LogP contribution in [0.4, 0.5) is 18.9 Å². The van der Waals surface area contributed by atoms with Crippen molar-refractivity contribution in [3.8, 4) is 0 Å². The van der Waals surface area contributed by atoms with Gasteiger partial charge in [-0.25, -0.2) is 0 Å². The number of fused-ring (bicyclic) bond motifs is 3. The summed E-state index contributed by atoms with van der Waals surface area (Å²) >= 11 is 0. The minimum absolute atomic E-state index is 0.00538. The molecule has 3 aliphatic heterocycles. The first-order chi connectivity index (χ1) is 13.3. The number of carbonyl (C=O) groups excluding carboxylic acids is 1. The van der Waals surface area contributed by atoms with E-state index in [0.717, 1.165) is 12.1 Å². The highest BCUT2D eigenvalue weighted by Crippen LogP contribution is 2.44. The minimum atomic E-state index is -4.52. The Kier molecular flexibility index (Phi) is 4.71. The largest absolute Gasteiger partial charge is 0.416 e. The monoisotopic (exact) mass is 417 g/mol. The molecule has 3 saturated heterocycles. The molecule has 1 aromatic carbocycles. The molecule has 3 fully saturated rings. The van der Waals surface area contributed by atoms with E-state index in [1.807, 2.05) is 0 Å². The number of anilines is 1. The SMILES string of the molecule is CC1(C)O[C@@H]2O[C@@H](C(=O)Nc3cccc(C(F)(F)F)c3)[C@H]3OC(C)(C)O[C@H]3[C@H]2O1. The molecule has 1 aromatic rings. The summed E-state index contributed by atoms with van der Waals surface area (Å²) in [7, 11) is 0. The van der Waals surface area contributed by atoms with Gasteiger partial charge in [0, 0.05) is 5.69 Å². The lowest BCUT2D eigenvalue weighted by Crippen LogP contribution is -2.58. The van der Waals surface area contributed by atoms with Crippen molar-refractivity contribution in [3.63, 3.8) is 0 Å². The molecule has 0 bridgehead atoms. The fourth-order valence-corrected chi connectivity index (χ4v) is 3.81. The Morgan fingerprint density at radius 1 is 0.966 bits per heavy atom. The van der Waals surface area contributed by atoms with Gasteiger partial charge >= 0.3 is 6.18 Å². The number of hydrogen-bond donors (Lipinski definition) is 1. The molecule has 0 spiro atoms. The molecule has 29 heavy (non-hydrogen) atoms. The molecule has 1 amide bonds. The standard InChI is InChI=1S/C19H22F3NO6/c1-17(2)26-11-12(27-17)14-16(29-18(3,4)28-14)25-13(11)15(24)23-10-7-5-6-9(8-10)19(20,21)22/h5-8,11-14,16H,1-4H3,(H,23,24)/t11-,12+,13+,14+,16-/m0/s1. The van der Waals surface area contributed by atoms with Crippen LogP contribution in [0.5, 0.6) is 0 Å². The Balaban J connectivity index is 1.57. The summed E-state index contributed by atoms with van der Waals surface area (Å²) in [6, 6.07) is 4.36. The maximum atomic E-state index is 12.9. The molecule has 0 aliphatic carbocycles. The van der Waals surface area contributed by atoms with Crippen LogP contribution in [0.1, 0.15) is 33.3 Å². The molecule has 0 aromatic heterocycles. The maximum Gasteiger partial charge on any atom is 0.416 e. The normalized spacial score (nSPS) is 35.1. The number of amides is 1. The lowest BCUT2D eigenvalue weighted by Gasteiger charge is -2.36. The summed E-state index contributed by atoms with van der Waals surface area (Å²) in [6.07, 6.45) is -8.60. The van der Waals surface area contributed by atoms with E-state index >= 15 is 0 Å². The van der Waals surface area contributed by atoms with Crippen molar-refractivity contribution in [2.45, 2.75) is 76.2 Å². The van der Waals surface area contributed by atoms with Gasteiger partial charge in [0.2, 0.25) is 0 Å². The van der Waals surface area contributed by atoms with Gasteiger partial charge in [0.15, 0.2) is 24.0 Å². The van der Waals surface area contributed by atoms with Crippen LogP contribution < -0.4 is 5.32 Å². The molecule has 3 aliphatic rings. The van der Waals surface area contributed by atoms with Gasteiger partial charge in [0.25, 0.3) is 5.91 Å². The maximum absolute atomic E-state index is 12.9. The Labute approximate surface area is 165 Å². The zero-order valence-electron chi connectivity index (χ0n) is 16.3. The molecular formula is C19H22F3NO6. The molecule has 4 rings (SSSR count). The fraction of sp³-hybridized carbons (Fsp3) is 0.632. The first-order valence-electron chi connectivity index (χ1n) is 9.20. The number of benzene rings is 1. The van der Waals surface area contributed by atoms with E-state index in [2.05, 4.69) is 5.32 Å². The smallest absolute Gasteiger partial charge is 0.342 e. The van der Waals surface area contributed by atoms with Gasteiger partial charge in [0.05, 0.1) is 5.56 Å². The summed E-state index contributed by atoms with van der Waals surface area (Å²) in [6.45, 7) is 6.82. The molecule has 5 atom stereocenters. The van der Waals surface area contributed by atoms with Gasteiger partial charge < -0.3 is 29.0 Å². The fourth-order valence-electron chi connectivity index (χ4n) is 3.81. The summed E-state index contributed by atoms with van der Waals surface area (Å²) in [4.78, 5) is 12.9. The molecule has 3 heterocycles. The van der Waals surface area contributed by atoms with Crippen LogP contribution in [0.25, 0.3) is 0 Å². The Bertz CT molecular complexity index is 811. The molecule has 0 saturated carbocycles. The van der Waals surface area contributed by atoms with Crippen LogP contribution in [0, 0.1) is 0 Å². The van der Waals surface area contributed by atoms with Crippen molar-refractivity contribution in [2.75, 3.05) is 5.32 Å². The van der Waals surface area contributed by atoms with Crippen LogP contribution >= 0.6 is 0 Å². The van der Waals surface area contributed by atoms with E-state index in [0.29, 0.717) is 0 Å². The number of rotatable bonds is 2. The Morgan fingerprint density at radius 3 is 2.28 bits per heavy atom. The molecule has 0 radical (unpaired) electrons. The van der Waals surface area contributed by atoms with Gasteiger partial charge in [0.1, 0.15) is 18.3 Å². The summed E-state index contributed by atoms with van der Waals surface area (Å²) in [5, 5.41) is 2.47. The first-order valence-corrected chi connectivity index (χ1v) is 9.20. The quantitative estimate of drug-likeness (QED) is 0.797. The van der Waals surface area contributed by atoms with Gasteiger partial charge in [-0.05, 0) is 45.9 Å². The van der Waals surface area contributed by atoms with E-state index in [-0.39, 0.29) is 5.69 Å². The number of alkyl halides is 3. The number of ether oxygens (including phenoxy) is 5. The lowest BCUT2D eigenvalue weighted by atomic mass is 9.98. The summed E-state index contributed by atoms with van der Waals surface area (Å²) < 4.78 is 67.9. The summed E-state index contributed by atoms with van der Waals surface area (Å²) in [5.74, 6) is -2.59. The molecular weight excluding hydrogens is 395 g/mol. The van der Waals surface area contributed by atoms with E-state index < -0.39 is 59.9 Å². The molecule has 0 unspecified atom stereocenters. The van der Waals surface area contributed by atoms with E-state index in [1.54, 1.807) is 27.7 Å². The van der Waals surface area contributed by atoms with E-state index in [4.69, 9.17) is 23.7 Å². The predicted molar refractivity (Wildman–Crippen MR) is 92.6 cm³/mol. The highest BCUT2D eigenvalue weighted by Gasteiger charge is 2.62. The van der Waals surface area contributed by atoms with Crippen molar-refractivity contribution >= 4 is 11.6 Å². The van der Waals surface area contributed by atoms with Crippen LogP contribution in [-0.2, 0) is 34.7 Å². The second-order valence-corrected chi connectivity index (χ2v) is 8.16. The van der Waals surface area contributed by atoms with E-state index in [9.17, 15) is 18.0 Å².